The van der Waals surface area contributed by atoms with E-state index in [1.54, 1.807) is 14.0 Å². The van der Waals surface area contributed by atoms with E-state index in [1.807, 2.05) is 36.1 Å². The summed E-state index contributed by atoms with van der Waals surface area (Å²) in [5, 5.41) is 7.25. The number of fused-ring (bicyclic) bond motifs is 4. The Morgan fingerprint density at radius 1 is 1.19 bits per heavy atom. The number of benzene rings is 2. The molecular weight excluding hydrogens is 406 g/mol. The Morgan fingerprint density at radius 2 is 1.94 bits per heavy atom. The second kappa shape index (κ2) is 8.04. The van der Waals surface area contributed by atoms with Crippen molar-refractivity contribution in [2.75, 3.05) is 26.8 Å². The number of methoxy groups -OCH3 is 1. The van der Waals surface area contributed by atoms with Crippen LogP contribution in [-0.4, -0.2) is 54.1 Å². The molecule has 32 heavy (non-hydrogen) atoms. The van der Waals surface area contributed by atoms with Crippen molar-refractivity contribution in [3.63, 3.8) is 0 Å². The maximum absolute atomic E-state index is 11.9. The highest BCUT2D eigenvalue weighted by Gasteiger charge is 2.52. The molecule has 1 amide bonds. The van der Waals surface area contributed by atoms with E-state index in [4.69, 9.17) is 19.3 Å². The second-order valence-electron chi connectivity index (χ2n) is 8.50. The van der Waals surface area contributed by atoms with Crippen molar-refractivity contribution in [2.24, 2.45) is 5.10 Å². The zero-order chi connectivity index (χ0) is 22.3. The van der Waals surface area contributed by atoms with E-state index in [0.717, 1.165) is 40.5 Å². The molecule has 0 aromatic heterocycles. The highest BCUT2D eigenvalue weighted by atomic mass is 16.5. The van der Waals surface area contributed by atoms with Crippen molar-refractivity contribution in [3.8, 4) is 17.2 Å². The topological polar surface area (TPSA) is 63.6 Å². The van der Waals surface area contributed by atoms with Crippen LogP contribution in [0.3, 0.4) is 0 Å². The fourth-order valence-corrected chi connectivity index (χ4v) is 5.02. The van der Waals surface area contributed by atoms with Crippen molar-refractivity contribution >= 4 is 11.6 Å². The average Bonchev–Trinajstić information content (AvgIpc) is 3.27. The smallest absolute Gasteiger partial charge is 0.219 e. The van der Waals surface area contributed by atoms with E-state index >= 15 is 0 Å². The molecule has 3 aliphatic heterocycles. The quantitative estimate of drug-likeness (QED) is 0.727. The standard InChI is InChI=1S/C25H29N3O4/c1-4-31-19-10-8-18(9-11-19)21-16-22-20-6-5-7-23(30-3)24(20)32-25(28(22)26-21)12-14-27(15-13-25)17(2)29/h5-11,22H,4,12-16H2,1-3H3/t22-/m1/s1. The molecule has 0 bridgehead atoms. The molecule has 2 aromatic carbocycles. The van der Waals surface area contributed by atoms with Crippen molar-refractivity contribution in [3.05, 3.63) is 53.6 Å². The van der Waals surface area contributed by atoms with Crippen LogP contribution in [0.5, 0.6) is 17.2 Å². The van der Waals surface area contributed by atoms with E-state index in [1.165, 1.54) is 0 Å². The molecular formula is C25H29N3O4. The Hall–Kier alpha value is -3.22. The first-order valence-electron chi connectivity index (χ1n) is 11.3. The molecule has 0 radical (unpaired) electrons. The molecule has 7 nitrogen and oxygen atoms in total. The van der Waals surface area contributed by atoms with Crippen LogP contribution in [0.4, 0.5) is 0 Å². The fourth-order valence-electron chi connectivity index (χ4n) is 5.02. The zero-order valence-electron chi connectivity index (χ0n) is 18.8. The van der Waals surface area contributed by atoms with E-state index in [0.29, 0.717) is 32.5 Å². The van der Waals surface area contributed by atoms with Crippen molar-refractivity contribution in [2.45, 2.75) is 44.9 Å². The van der Waals surface area contributed by atoms with Gasteiger partial charge in [0.1, 0.15) is 5.75 Å². The fraction of sp³-hybridized carbons (Fsp3) is 0.440. The molecule has 168 valence electrons. The van der Waals surface area contributed by atoms with Gasteiger partial charge in [-0.2, -0.15) is 5.10 Å². The van der Waals surface area contributed by atoms with Crippen LogP contribution in [0.1, 0.15) is 50.3 Å². The number of likely N-dealkylation sites (tertiary alicyclic amines) is 1. The van der Waals surface area contributed by atoms with Gasteiger partial charge in [-0.1, -0.05) is 12.1 Å². The van der Waals surface area contributed by atoms with Gasteiger partial charge in [-0.15, -0.1) is 0 Å². The summed E-state index contributed by atoms with van der Waals surface area (Å²) in [6, 6.07) is 14.2. The van der Waals surface area contributed by atoms with Gasteiger partial charge in [0.25, 0.3) is 0 Å². The number of piperidine rings is 1. The van der Waals surface area contributed by atoms with Crippen LogP contribution < -0.4 is 14.2 Å². The number of ether oxygens (including phenoxy) is 3. The SMILES string of the molecule is CCOc1ccc(C2=NN3[C@H](C2)c2cccc(OC)c2OC32CCN(C(C)=O)CC2)cc1. The van der Waals surface area contributed by atoms with E-state index < -0.39 is 5.72 Å². The van der Waals surface area contributed by atoms with Crippen LogP contribution in [0.25, 0.3) is 0 Å². The lowest BCUT2D eigenvalue weighted by molar-refractivity contribution is -0.159. The van der Waals surface area contributed by atoms with E-state index in [2.05, 4.69) is 23.2 Å². The number of hydrogen-bond donors (Lipinski definition) is 0. The van der Waals surface area contributed by atoms with Gasteiger partial charge in [0.2, 0.25) is 11.6 Å². The van der Waals surface area contributed by atoms with Crippen LogP contribution in [0.15, 0.2) is 47.6 Å². The summed E-state index contributed by atoms with van der Waals surface area (Å²) in [6.45, 7) is 5.55. The molecule has 7 heteroatoms. The van der Waals surface area contributed by atoms with Crippen LogP contribution in [0.2, 0.25) is 0 Å². The third kappa shape index (κ3) is 3.36. The summed E-state index contributed by atoms with van der Waals surface area (Å²) in [6.07, 6.45) is 2.18. The van der Waals surface area contributed by atoms with Gasteiger partial charge >= 0.3 is 0 Å². The predicted octanol–water partition coefficient (Wildman–Crippen LogP) is 3.98. The molecule has 3 aliphatic rings. The van der Waals surface area contributed by atoms with Crippen molar-refractivity contribution < 1.29 is 19.0 Å². The first kappa shape index (κ1) is 20.7. The van der Waals surface area contributed by atoms with Gasteiger partial charge in [-0.05, 0) is 42.8 Å². The first-order chi connectivity index (χ1) is 15.5. The van der Waals surface area contributed by atoms with Gasteiger partial charge in [-0.25, -0.2) is 5.01 Å². The summed E-state index contributed by atoms with van der Waals surface area (Å²) in [5.41, 5.74) is 2.62. The number of carbonyl (C=O) groups is 1. The number of rotatable bonds is 4. The molecule has 3 heterocycles. The number of nitrogens with zero attached hydrogens (tertiary/aromatic N) is 3. The molecule has 0 unspecified atom stereocenters. The van der Waals surface area contributed by atoms with Gasteiger partial charge < -0.3 is 19.1 Å². The number of hydrazone groups is 1. The number of para-hydroxylation sites is 1. The maximum atomic E-state index is 11.9. The monoisotopic (exact) mass is 435 g/mol. The summed E-state index contributed by atoms with van der Waals surface area (Å²) in [7, 11) is 1.67. The molecule has 5 rings (SSSR count). The van der Waals surface area contributed by atoms with E-state index in [9.17, 15) is 4.79 Å². The summed E-state index contributed by atoms with van der Waals surface area (Å²) in [4.78, 5) is 13.8. The Kier molecular flexibility index (Phi) is 5.19. The minimum atomic E-state index is -0.592. The predicted molar refractivity (Wildman–Crippen MR) is 121 cm³/mol. The molecule has 0 aliphatic carbocycles. The third-order valence-corrected chi connectivity index (χ3v) is 6.70. The van der Waals surface area contributed by atoms with Gasteiger partial charge in [-0.3, -0.25) is 4.79 Å². The summed E-state index contributed by atoms with van der Waals surface area (Å²) < 4.78 is 17.9. The molecule has 1 atom stereocenters. The van der Waals surface area contributed by atoms with E-state index in [-0.39, 0.29) is 11.9 Å². The normalized spacial score (nSPS) is 20.8. The van der Waals surface area contributed by atoms with Crippen LogP contribution >= 0.6 is 0 Å². The molecule has 2 aromatic rings. The lowest BCUT2D eigenvalue weighted by Crippen LogP contribution is -2.59. The van der Waals surface area contributed by atoms with Gasteiger partial charge in [0.15, 0.2) is 11.5 Å². The Morgan fingerprint density at radius 3 is 2.59 bits per heavy atom. The van der Waals surface area contributed by atoms with Crippen LogP contribution in [-0.2, 0) is 4.79 Å². The molecule has 1 fully saturated rings. The Bertz CT molecular complexity index is 1040. The number of hydrogen-bond acceptors (Lipinski definition) is 6. The first-order valence-corrected chi connectivity index (χ1v) is 11.3. The highest BCUT2D eigenvalue weighted by Crippen LogP contribution is 2.52. The average molecular weight is 436 g/mol. The van der Waals surface area contributed by atoms with Crippen molar-refractivity contribution in [1.82, 2.24) is 9.91 Å². The van der Waals surface area contributed by atoms with Crippen molar-refractivity contribution in [1.29, 1.82) is 0 Å². The lowest BCUT2D eigenvalue weighted by Gasteiger charge is -2.51. The zero-order valence-corrected chi connectivity index (χ0v) is 18.8. The molecule has 0 saturated carbocycles. The molecule has 1 saturated heterocycles. The third-order valence-electron chi connectivity index (χ3n) is 6.70. The van der Waals surface area contributed by atoms with Gasteiger partial charge in [0, 0.05) is 44.8 Å². The largest absolute Gasteiger partial charge is 0.494 e. The minimum Gasteiger partial charge on any atom is -0.494 e. The van der Waals surface area contributed by atoms with Gasteiger partial charge in [0.05, 0.1) is 25.5 Å². The van der Waals surface area contributed by atoms with Crippen LogP contribution in [0, 0.1) is 0 Å². The Balaban J connectivity index is 1.52. The second-order valence-corrected chi connectivity index (χ2v) is 8.50. The maximum Gasteiger partial charge on any atom is 0.219 e. The Labute approximate surface area is 188 Å². The number of amides is 1. The highest BCUT2D eigenvalue weighted by molar-refractivity contribution is 6.02. The minimum absolute atomic E-state index is 0.0688. The number of carbonyl (C=O) groups excluding carboxylic acids is 1. The molecule has 1 spiro atoms. The summed E-state index contributed by atoms with van der Waals surface area (Å²) >= 11 is 0. The summed E-state index contributed by atoms with van der Waals surface area (Å²) in [5.74, 6) is 2.50. The lowest BCUT2D eigenvalue weighted by atomic mass is 9.90. The molecule has 0 N–H and O–H groups in total.